The van der Waals surface area contributed by atoms with Crippen molar-refractivity contribution in [1.82, 2.24) is 4.98 Å². The summed E-state index contributed by atoms with van der Waals surface area (Å²) in [5.74, 6) is 1.80. The van der Waals surface area contributed by atoms with E-state index in [9.17, 15) is 0 Å². The topological polar surface area (TPSA) is 51.4 Å². The molecule has 0 spiro atoms. The molecule has 0 radical (unpaired) electrons. The van der Waals surface area contributed by atoms with Crippen molar-refractivity contribution in [3.05, 3.63) is 23.9 Å². The van der Waals surface area contributed by atoms with Gasteiger partial charge in [-0.25, -0.2) is 4.98 Å². The van der Waals surface area contributed by atoms with Gasteiger partial charge in [0.15, 0.2) is 0 Å². The van der Waals surface area contributed by atoms with Gasteiger partial charge in [-0.3, -0.25) is 0 Å². The highest BCUT2D eigenvalue weighted by Gasteiger charge is 2.20. The number of ether oxygens (including phenoxy) is 1. The number of likely N-dealkylation sites (N-methyl/N-ethyl adjacent to an activating group) is 1. The Hall–Kier alpha value is -1.13. The maximum atomic E-state index is 5.80. The van der Waals surface area contributed by atoms with Crippen molar-refractivity contribution in [2.45, 2.75) is 25.8 Å². The van der Waals surface area contributed by atoms with Crippen LogP contribution >= 0.6 is 0 Å². The van der Waals surface area contributed by atoms with Crippen molar-refractivity contribution in [2.24, 2.45) is 11.7 Å². The molecule has 2 N–H and O–H groups in total. The minimum atomic E-state index is 0.0405. The summed E-state index contributed by atoms with van der Waals surface area (Å²) in [6.07, 6.45) is 4.54. The van der Waals surface area contributed by atoms with Crippen molar-refractivity contribution in [2.75, 3.05) is 31.7 Å². The van der Waals surface area contributed by atoms with E-state index in [1.165, 1.54) is 12.8 Å². The lowest BCUT2D eigenvalue weighted by molar-refractivity contribution is 0.131. The fourth-order valence-electron chi connectivity index (χ4n) is 1.74. The summed E-state index contributed by atoms with van der Waals surface area (Å²) in [6.45, 7) is 4.53. The lowest BCUT2D eigenvalue weighted by Crippen LogP contribution is -2.24. The van der Waals surface area contributed by atoms with Crippen molar-refractivity contribution in [3.8, 4) is 0 Å². The Morgan fingerprint density at radius 2 is 2.28 bits per heavy atom. The van der Waals surface area contributed by atoms with Crippen molar-refractivity contribution < 1.29 is 4.74 Å². The first-order chi connectivity index (χ1) is 8.66. The molecule has 0 aliphatic heterocycles. The van der Waals surface area contributed by atoms with Crippen molar-refractivity contribution in [3.63, 3.8) is 0 Å². The van der Waals surface area contributed by atoms with Gasteiger partial charge in [0, 0.05) is 32.4 Å². The van der Waals surface area contributed by atoms with Crippen molar-refractivity contribution >= 4 is 5.82 Å². The maximum absolute atomic E-state index is 5.80. The molecule has 1 aromatic heterocycles. The average Bonchev–Trinajstić information content (AvgIpc) is 3.18. The van der Waals surface area contributed by atoms with E-state index in [0.29, 0.717) is 0 Å². The van der Waals surface area contributed by atoms with E-state index in [0.717, 1.165) is 37.1 Å². The fraction of sp³-hybridized carbons (Fsp3) is 0.643. The highest BCUT2D eigenvalue weighted by molar-refractivity contribution is 5.38. The van der Waals surface area contributed by atoms with Crippen molar-refractivity contribution in [1.29, 1.82) is 0 Å². The van der Waals surface area contributed by atoms with Gasteiger partial charge in [0.05, 0.1) is 6.61 Å². The molecule has 1 atom stereocenters. The first kappa shape index (κ1) is 13.3. The molecule has 100 valence electrons. The van der Waals surface area contributed by atoms with Crippen LogP contribution < -0.4 is 10.6 Å². The molecule has 1 saturated carbocycles. The van der Waals surface area contributed by atoms with E-state index in [1.807, 2.05) is 32.3 Å². The van der Waals surface area contributed by atoms with Gasteiger partial charge in [-0.05, 0) is 37.3 Å². The summed E-state index contributed by atoms with van der Waals surface area (Å²) in [7, 11) is 2.04. The predicted octanol–water partition coefficient (Wildman–Crippen LogP) is 1.96. The van der Waals surface area contributed by atoms with Crippen LogP contribution in [0.1, 0.15) is 31.4 Å². The third kappa shape index (κ3) is 3.96. The molecule has 0 unspecified atom stereocenters. The molecule has 0 bridgehead atoms. The van der Waals surface area contributed by atoms with Gasteiger partial charge in [0.25, 0.3) is 0 Å². The number of nitrogens with zero attached hydrogens (tertiary/aromatic N) is 2. The summed E-state index contributed by atoms with van der Waals surface area (Å²) in [5.41, 5.74) is 6.87. The first-order valence-electron chi connectivity index (χ1n) is 6.67. The molecule has 4 heteroatoms. The Labute approximate surface area is 109 Å². The Bertz CT molecular complexity index is 360. The molecule has 1 heterocycles. The summed E-state index contributed by atoms with van der Waals surface area (Å²) in [6, 6.07) is 4.09. The lowest BCUT2D eigenvalue weighted by atomic mass is 10.1. The summed E-state index contributed by atoms with van der Waals surface area (Å²) >= 11 is 0. The average molecular weight is 249 g/mol. The summed E-state index contributed by atoms with van der Waals surface area (Å²) in [5, 5.41) is 0. The summed E-state index contributed by atoms with van der Waals surface area (Å²) in [4.78, 5) is 6.53. The molecular formula is C14H23N3O. The van der Waals surface area contributed by atoms with E-state index in [1.54, 1.807) is 0 Å². The molecule has 0 amide bonds. The van der Waals surface area contributed by atoms with E-state index in [2.05, 4.69) is 9.88 Å². The highest BCUT2D eigenvalue weighted by Crippen LogP contribution is 2.28. The van der Waals surface area contributed by atoms with Crippen LogP contribution in [0.4, 0.5) is 5.82 Å². The lowest BCUT2D eigenvalue weighted by Gasteiger charge is -2.18. The zero-order chi connectivity index (χ0) is 13.0. The maximum Gasteiger partial charge on any atom is 0.128 e. The van der Waals surface area contributed by atoms with E-state index in [4.69, 9.17) is 10.5 Å². The molecule has 1 aliphatic rings. The molecule has 1 fully saturated rings. The molecule has 4 nitrogen and oxygen atoms in total. The molecule has 1 aliphatic carbocycles. The molecule has 0 aromatic carbocycles. The van der Waals surface area contributed by atoms with Crippen LogP contribution in [-0.2, 0) is 4.74 Å². The monoisotopic (exact) mass is 249 g/mol. The zero-order valence-electron chi connectivity index (χ0n) is 11.3. The predicted molar refractivity (Wildman–Crippen MR) is 73.7 cm³/mol. The van der Waals surface area contributed by atoms with Crippen LogP contribution in [-0.4, -0.2) is 31.8 Å². The Morgan fingerprint density at radius 1 is 1.50 bits per heavy atom. The Balaban J connectivity index is 1.74. The third-order valence-corrected chi connectivity index (χ3v) is 3.31. The number of rotatable bonds is 7. The van der Waals surface area contributed by atoms with Gasteiger partial charge in [0.1, 0.15) is 5.82 Å². The van der Waals surface area contributed by atoms with Crippen LogP contribution in [0.2, 0.25) is 0 Å². The molecule has 18 heavy (non-hydrogen) atoms. The van der Waals surface area contributed by atoms with E-state index in [-0.39, 0.29) is 6.04 Å². The number of pyridine rings is 1. The number of anilines is 1. The van der Waals surface area contributed by atoms with Gasteiger partial charge in [-0.15, -0.1) is 0 Å². The van der Waals surface area contributed by atoms with Crippen LogP contribution in [0, 0.1) is 5.92 Å². The van der Waals surface area contributed by atoms with Gasteiger partial charge in [-0.1, -0.05) is 6.07 Å². The van der Waals surface area contributed by atoms with Crippen LogP contribution in [0.5, 0.6) is 0 Å². The van der Waals surface area contributed by atoms with Gasteiger partial charge < -0.3 is 15.4 Å². The SMILES string of the molecule is C[C@H](N)c1ccc(N(C)CCOCC2CC2)nc1. The molecule has 1 aromatic rings. The number of hydrogen-bond donors (Lipinski definition) is 1. The van der Waals surface area contributed by atoms with Gasteiger partial charge in [-0.2, -0.15) is 0 Å². The van der Waals surface area contributed by atoms with Crippen LogP contribution in [0.15, 0.2) is 18.3 Å². The fourth-order valence-corrected chi connectivity index (χ4v) is 1.74. The Kier molecular flexibility index (Phi) is 4.55. The second kappa shape index (κ2) is 6.16. The highest BCUT2D eigenvalue weighted by atomic mass is 16.5. The Morgan fingerprint density at radius 3 is 2.83 bits per heavy atom. The van der Waals surface area contributed by atoms with Crippen LogP contribution in [0.3, 0.4) is 0 Å². The second-order valence-corrected chi connectivity index (χ2v) is 5.18. The molecular weight excluding hydrogens is 226 g/mol. The van der Waals surface area contributed by atoms with E-state index < -0.39 is 0 Å². The second-order valence-electron chi connectivity index (χ2n) is 5.18. The standard InChI is InChI=1S/C14H23N3O/c1-11(15)13-5-6-14(16-9-13)17(2)7-8-18-10-12-3-4-12/h5-6,9,11-12H,3-4,7-8,10,15H2,1-2H3/t11-/m0/s1. The minimum Gasteiger partial charge on any atom is -0.379 e. The van der Waals surface area contributed by atoms with Crippen LogP contribution in [0.25, 0.3) is 0 Å². The number of nitrogens with two attached hydrogens (primary N) is 1. The normalized spacial score (nSPS) is 16.6. The van der Waals surface area contributed by atoms with Gasteiger partial charge in [0.2, 0.25) is 0 Å². The first-order valence-corrected chi connectivity index (χ1v) is 6.67. The van der Waals surface area contributed by atoms with Gasteiger partial charge >= 0.3 is 0 Å². The number of hydrogen-bond acceptors (Lipinski definition) is 4. The third-order valence-electron chi connectivity index (χ3n) is 3.31. The quantitative estimate of drug-likeness (QED) is 0.751. The smallest absolute Gasteiger partial charge is 0.128 e. The largest absolute Gasteiger partial charge is 0.379 e. The molecule has 2 rings (SSSR count). The summed E-state index contributed by atoms with van der Waals surface area (Å²) < 4.78 is 5.62. The minimum absolute atomic E-state index is 0.0405. The zero-order valence-corrected chi connectivity index (χ0v) is 11.3. The van der Waals surface area contributed by atoms with E-state index >= 15 is 0 Å². The number of aromatic nitrogens is 1. The molecule has 0 saturated heterocycles.